The summed E-state index contributed by atoms with van der Waals surface area (Å²) in [6, 6.07) is 3.90. The lowest BCUT2D eigenvalue weighted by Gasteiger charge is -2.09. The van der Waals surface area contributed by atoms with Crippen LogP contribution >= 0.6 is 0 Å². The van der Waals surface area contributed by atoms with E-state index in [0.29, 0.717) is 24.5 Å². The van der Waals surface area contributed by atoms with Gasteiger partial charge in [-0.3, -0.25) is 4.79 Å². The first-order valence-electron chi connectivity index (χ1n) is 4.71. The molecule has 0 atom stereocenters. The summed E-state index contributed by atoms with van der Waals surface area (Å²) >= 11 is 0. The molecule has 0 spiro atoms. The summed E-state index contributed by atoms with van der Waals surface area (Å²) in [5, 5.41) is 2.80. The zero-order chi connectivity index (χ0) is 10.1. The van der Waals surface area contributed by atoms with Crippen LogP contribution in [0.25, 0.3) is 0 Å². The molecular formula is C11H13NO2. The molecule has 0 aliphatic carbocycles. The van der Waals surface area contributed by atoms with Crippen LogP contribution in [0.3, 0.4) is 0 Å². The average molecular weight is 191 g/mol. The van der Waals surface area contributed by atoms with Crippen LogP contribution in [-0.4, -0.2) is 19.1 Å². The van der Waals surface area contributed by atoms with Crippen LogP contribution in [-0.2, 0) is 0 Å². The van der Waals surface area contributed by atoms with Crippen molar-refractivity contribution >= 4 is 5.91 Å². The first-order chi connectivity index (χ1) is 6.68. The smallest absolute Gasteiger partial charge is 0.255 e. The van der Waals surface area contributed by atoms with Gasteiger partial charge in [-0.15, -0.1) is 0 Å². The molecule has 1 aliphatic heterocycles. The molecular weight excluding hydrogens is 178 g/mol. The van der Waals surface area contributed by atoms with Crippen LogP contribution in [0.2, 0.25) is 0 Å². The highest BCUT2D eigenvalue weighted by atomic mass is 16.5. The molecule has 3 heteroatoms. The third kappa shape index (κ3) is 1.45. The zero-order valence-corrected chi connectivity index (χ0v) is 8.39. The van der Waals surface area contributed by atoms with E-state index in [2.05, 4.69) is 5.32 Å². The van der Waals surface area contributed by atoms with E-state index in [1.54, 1.807) is 0 Å². The molecule has 2 rings (SSSR count). The van der Waals surface area contributed by atoms with Gasteiger partial charge in [-0.25, -0.2) is 0 Å². The number of benzene rings is 1. The molecule has 74 valence electrons. The van der Waals surface area contributed by atoms with Gasteiger partial charge in [0.2, 0.25) is 0 Å². The molecule has 1 heterocycles. The van der Waals surface area contributed by atoms with Crippen molar-refractivity contribution in [1.82, 2.24) is 5.32 Å². The van der Waals surface area contributed by atoms with Gasteiger partial charge < -0.3 is 10.1 Å². The number of fused-ring (bicyclic) bond motifs is 1. The quantitative estimate of drug-likeness (QED) is 0.673. The minimum absolute atomic E-state index is 0.0324. The Morgan fingerprint density at radius 3 is 2.93 bits per heavy atom. The number of hydrogen-bond donors (Lipinski definition) is 1. The van der Waals surface area contributed by atoms with E-state index in [0.717, 1.165) is 11.1 Å². The van der Waals surface area contributed by atoms with Crippen molar-refractivity contribution in [2.75, 3.05) is 13.2 Å². The standard InChI is InChI=1S/C11H13NO2/c1-7-5-8(2)10-9(6-7)14-4-3-12-11(10)13/h5-6H,3-4H2,1-2H3,(H,12,13). The second kappa shape index (κ2) is 3.33. The van der Waals surface area contributed by atoms with Crippen LogP contribution in [0.1, 0.15) is 21.5 Å². The number of hydrogen-bond acceptors (Lipinski definition) is 2. The highest BCUT2D eigenvalue weighted by Crippen LogP contribution is 2.25. The highest BCUT2D eigenvalue weighted by molar-refractivity contribution is 5.98. The predicted octanol–water partition coefficient (Wildman–Crippen LogP) is 1.43. The van der Waals surface area contributed by atoms with E-state index in [-0.39, 0.29) is 5.91 Å². The van der Waals surface area contributed by atoms with Crippen LogP contribution < -0.4 is 10.1 Å². The molecule has 1 aromatic carbocycles. The van der Waals surface area contributed by atoms with E-state index in [1.807, 2.05) is 26.0 Å². The summed E-state index contributed by atoms with van der Waals surface area (Å²) in [6.07, 6.45) is 0. The fourth-order valence-corrected chi connectivity index (χ4v) is 1.75. The molecule has 1 amide bonds. The fraction of sp³-hybridized carbons (Fsp3) is 0.364. The second-order valence-corrected chi connectivity index (χ2v) is 3.56. The van der Waals surface area contributed by atoms with Gasteiger partial charge in [-0.1, -0.05) is 6.07 Å². The predicted molar refractivity (Wildman–Crippen MR) is 53.7 cm³/mol. The van der Waals surface area contributed by atoms with Crippen LogP contribution in [0.4, 0.5) is 0 Å². The summed E-state index contributed by atoms with van der Waals surface area (Å²) < 4.78 is 5.50. The number of aryl methyl sites for hydroxylation is 2. The van der Waals surface area contributed by atoms with Gasteiger partial charge in [0.1, 0.15) is 12.4 Å². The Hall–Kier alpha value is -1.51. The monoisotopic (exact) mass is 191 g/mol. The minimum Gasteiger partial charge on any atom is -0.491 e. The van der Waals surface area contributed by atoms with Gasteiger partial charge in [0.05, 0.1) is 12.1 Å². The Labute approximate surface area is 83.1 Å². The number of amides is 1. The largest absolute Gasteiger partial charge is 0.491 e. The first kappa shape index (κ1) is 9.06. The first-order valence-corrected chi connectivity index (χ1v) is 4.71. The van der Waals surface area contributed by atoms with Crippen molar-refractivity contribution in [2.24, 2.45) is 0 Å². The van der Waals surface area contributed by atoms with E-state index < -0.39 is 0 Å². The average Bonchev–Trinajstić information content (AvgIpc) is 2.27. The summed E-state index contributed by atoms with van der Waals surface area (Å²) in [4.78, 5) is 11.6. The number of ether oxygens (including phenoxy) is 1. The maximum atomic E-state index is 11.6. The normalized spacial score (nSPS) is 15.1. The molecule has 0 radical (unpaired) electrons. The third-order valence-electron chi connectivity index (χ3n) is 2.32. The van der Waals surface area contributed by atoms with Crippen molar-refractivity contribution in [3.8, 4) is 5.75 Å². The molecule has 3 nitrogen and oxygen atoms in total. The van der Waals surface area contributed by atoms with Gasteiger partial charge in [-0.2, -0.15) is 0 Å². The lowest BCUT2D eigenvalue weighted by Crippen LogP contribution is -2.24. The fourth-order valence-electron chi connectivity index (χ4n) is 1.75. The molecule has 0 bridgehead atoms. The third-order valence-corrected chi connectivity index (χ3v) is 2.32. The van der Waals surface area contributed by atoms with Gasteiger partial charge in [0.25, 0.3) is 5.91 Å². The number of nitrogens with one attached hydrogen (secondary N) is 1. The number of carbonyl (C=O) groups is 1. The SMILES string of the molecule is Cc1cc(C)c2c(c1)OCCNC2=O. The van der Waals surface area contributed by atoms with Crippen molar-refractivity contribution in [1.29, 1.82) is 0 Å². The molecule has 0 unspecified atom stereocenters. The number of rotatable bonds is 0. The van der Waals surface area contributed by atoms with Gasteiger partial charge in [-0.05, 0) is 31.0 Å². The zero-order valence-electron chi connectivity index (χ0n) is 8.39. The van der Waals surface area contributed by atoms with Gasteiger partial charge in [0.15, 0.2) is 0 Å². The molecule has 1 aromatic rings. The molecule has 1 aliphatic rings. The summed E-state index contributed by atoms with van der Waals surface area (Å²) in [5.74, 6) is 0.674. The van der Waals surface area contributed by atoms with Crippen molar-refractivity contribution < 1.29 is 9.53 Å². The van der Waals surface area contributed by atoms with Crippen LogP contribution in [0.15, 0.2) is 12.1 Å². The number of carbonyl (C=O) groups excluding carboxylic acids is 1. The Morgan fingerprint density at radius 1 is 1.36 bits per heavy atom. The molecule has 0 saturated heterocycles. The van der Waals surface area contributed by atoms with Crippen molar-refractivity contribution in [3.63, 3.8) is 0 Å². The van der Waals surface area contributed by atoms with E-state index >= 15 is 0 Å². The Bertz CT molecular complexity index is 385. The molecule has 1 N–H and O–H groups in total. The summed E-state index contributed by atoms with van der Waals surface area (Å²) in [5.41, 5.74) is 2.77. The Balaban J connectivity index is 2.58. The highest BCUT2D eigenvalue weighted by Gasteiger charge is 2.18. The van der Waals surface area contributed by atoms with Crippen molar-refractivity contribution in [2.45, 2.75) is 13.8 Å². The maximum Gasteiger partial charge on any atom is 0.255 e. The van der Waals surface area contributed by atoms with Gasteiger partial charge in [0, 0.05) is 0 Å². The lowest BCUT2D eigenvalue weighted by molar-refractivity contribution is 0.0956. The van der Waals surface area contributed by atoms with Crippen LogP contribution in [0, 0.1) is 13.8 Å². The van der Waals surface area contributed by atoms with Crippen molar-refractivity contribution in [3.05, 3.63) is 28.8 Å². The molecule has 14 heavy (non-hydrogen) atoms. The Kier molecular flexibility index (Phi) is 2.15. The molecule has 0 saturated carbocycles. The van der Waals surface area contributed by atoms with Gasteiger partial charge >= 0.3 is 0 Å². The van der Waals surface area contributed by atoms with E-state index in [4.69, 9.17) is 4.74 Å². The molecule has 0 aromatic heterocycles. The Morgan fingerprint density at radius 2 is 2.14 bits per heavy atom. The molecule has 0 fully saturated rings. The second-order valence-electron chi connectivity index (χ2n) is 3.56. The minimum atomic E-state index is -0.0324. The van der Waals surface area contributed by atoms with E-state index in [1.165, 1.54) is 0 Å². The maximum absolute atomic E-state index is 11.6. The lowest BCUT2D eigenvalue weighted by atomic mass is 10.0. The van der Waals surface area contributed by atoms with E-state index in [9.17, 15) is 4.79 Å². The van der Waals surface area contributed by atoms with Crippen LogP contribution in [0.5, 0.6) is 5.75 Å². The summed E-state index contributed by atoms with van der Waals surface area (Å²) in [6.45, 7) is 5.05. The topological polar surface area (TPSA) is 38.3 Å². The summed E-state index contributed by atoms with van der Waals surface area (Å²) in [7, 11) is 0.